The Morgan fingerprint density at radius 2 is 1.63 bits per heavy atom. The van der Waals surface area contributed by atoms with Gasteiger partial charge in [-0.15, -0.1) is 0 Å². The van der Waals surface area contributed by atoms with Crippen LogP contribution in [0.15, 0.2) is 10.6 Å². The van der Waals surface area contributed by atoms with Crippen molar-refractivity contribution in [1.82, 2.24) is 5.32 Å². The Kier molecular flexibility index (Phi) is 4.98. The monoisotopic (exact) mass is 423 g/mol. The highest BCUT2D eigenvalue weighted by atomic mass is 32.2. The standard InChI is InChI=1S/C24H29N3O2S/c25-12-18-21(29)27-22(19(13-26)24(18)4-2-1-3-5-24)30-14-20(28)23-9-15-6-16(10-23)8-17(7-15)11-23/h15-18H,1-11,14H2,(H,27,29)/t15?,16?,17?,18-,23?/m0/s1. The van der Waals surface area contributed by atoms with Gasteiger partial charge < -0.3 is 5.32 Å². The van der Waals surface area contributed by atoms with Crippen molar-refractivity contribution in [3.63, 3.8) is 0 Å². The lowest BCUT2D eigenvalue weighted by atomic mass is 9.48. The molecule has 0 aromatic carbocycles. The summed E-state index contributed by atoms with van der Waals surface area (Å²) in [5.74, 6) is 1.67. The number of carbonyl (C=O) groups is 2. The number of nitrogens with zero attached hydrogens (tertiary/aromatic N) is 2. The second kappa shape index (κ2) is 7.41. The minimum atomic E-state index is -0.810. The van der Waals surface area contributed by atoms with Crippen LogP contribution in [0.3, 0.4) is 0 Å². The molecule has 1 N–H and O–H groups in total. The molecule has 0 radical (unpaired) electrons. The number of allylic oxidation sites excluding steroid dienone is 1. The van der Waals surface area contributed by atoms with E-state index in [2.05, 4.69) is 17.5 Å². The van der Waals surface area contributed by atoms with Crippen LogP contribution in [0, 0.1) is 57.2 Å². The zero-order chi connectivity index (χ0) is 20.9. The van der Waals surface area contributed by atoms with Crippen LogP contribution in [0.5, 0.6) is 0 Å². The minimum Gasteiger partial charge on any atom is -0.319 e. The summed E-state index contributed by atoms with van der Waals surface area (Å²) in [4.78, 5) is 26.2. The van der Waals surface area contributed by atoms with Gasteiger partial charge in [-0.3, -0.25) is 9.59 Å². The molecule has 0 aromatic heterocycles. The van der Waals surface area contributed by atoms with Gasteiger partial charge in [0, 0.05) is 10.8 Å². The Hall–Kier alpha value is -1.79. The fourth-order valence-corrected chi connectivity index (χ4v) is 8.93. The normalized spacial score (nSPS) is 38.8. The summed E-state index contributed by atoms with van der Waals surface area (Å²) >= 11 is 1.34. The number of nitriles is 2. The smallest absolute Gasteiger partial charge is 0.243 e. The number of ketones is 1. The van der Waals surface area contributed by atoms with Gasteiger partial charge >= 0.3 is 0 Å². The lowest BCUT2D eigenvalue weighted by Gasteiger charge is -2.56. The third-order valence-corrected chi connectivity index (χ3v) is 9.74. The predicted octanol–water partition coefficient (Wildman–Crippen LogP) is 4.46. The Bertz CT molecular complexity index is 852. The molecular weight excluding hydrogens is 394 g/mol. The van der Waals surface area contributed by atoms with Crippen LogP contribution in [-0.4, -0.2) is 17.4 Å². The van der Waals surface area contributed by atoms with E-state index in [0.29, 0.717) is 35.0 Å². The number of rotatable bonds is 4. The third kappa shape index (κ3) is 3.02. The van der Waals surface area contributed by atoms with Gasteiger partial charge in [0.15, 0.2) is 0 Å². The number of hydrogen-bond donors (Lipinski definition) is 1. The second-order valence-electron chi connectivity index (χ2n) is 10.5. The number of carbonyl (C=O) groups excluding carboxylic acids is 2. The van der Waals surface area contributed by atoms with Gasteiger partial charge in [0.1, 0.15) is 11.7 Å². The van der Waals surface area contributed by atoms with E-state index in [-0.39, 0.29) is 11.3 Å². The summed E-state index contributed by atoms with van der Waals surface area (Å²) in [6, 6.07) is 4.52. The van der Waals surface area contributed by atoms with Crippen molar-refractivity contribution in [2.75, 3.05) is 5.75 Å². The van der Waals surface area contributed by atoms with E-state index in [4.69, 9.17) is 0 Å². The van der Waals surface area contributed by atoms with Crippen molar-refractivity contribution in [1.29, 1.82) is 10.5 Å². The first-order chi connectivity index (χ1) is 14.5. The van der Waals surface area contributed by atoms with Crippen molar-refractivity contribution in [2.24, 2.45) is 34.5 Å². The van der Waals surface area contributed by atoms with Crippen LogP contribution in [0.2, 0.25) is 0 Å². The summed E-state index contributed by atoms with van der Waals surface area (Å²) in [7, 11) is 0. The molecule has 5 fully saturated rings. The fraction of sp³-hybridized carbons (Fsp3) is 0.750. The lowest BCUT2D eigenvalue weighted by Crippen LogP contribution is -2.51. The van der Waals surface area contributed by atoms with Gasteiger partial charge in [-0.1, -0.05) is 31.0 Å². The van der Waals surface area contributed by atoms with E-state index in [1.54, 1.807) is 0 Å². The Labute approximate surface area is 182 Å². The molecule has 4 bridgehead atoms. The Morgan fingerprint density at radius 1 is 1.03 bits per heavy atom. The van der Waals surface area contributed by atoms with Crippen molar-refractivity contribution in [3.05, 3.63) is 10.6 Å². The summed E-state index contributed by atoms with van der Waals surface area (Å²) < 4.78 is 0. The molecule has 1 spiro atoms. The molecule has 1 heterocycles. The molecule has 5 nitrogen and oxygen atoms in total. The Morgan fingerprint density at radius 3 is 2.17 bits per heavy atom. The van der Waals surface area contributed by atoms with E-state index in [9.17, 15) is 20.1 Å². The van der Waals surface area contributed by atoms with Gasteiger partial charge in [-0.2, -0.15) is 10.5 Å². The van der Waals surface area contributed by atoms with Crippen LogP contribution in [0.4, 0.5) is 0 Å². The molecule has 158 valence electrons. The second-order valence-corrected chi connectivity index (χ2v) is 11.5. The molecule has 6 heteroatoms. The van der Waals surface area contributed by atoms with Gasteiger partial charge in [0.2, 0.25) is 5.91 Å². The van der Waals surface area contributed by atoms with Crippen molar-refractivity contribution in [2.45, 2.75) is 70.6 Å². The highest BCUT2D eigenvalue weighted by Gasteiger charge is 2.55. The first-order valence-electron chi connectivity index (χ1n) is 11.5. The van der Waals surface area contributed by atoms with Gasteiger partial charge in [-0.05, 0) is 69.1 Å². The molecule has 0 unspecified atom stereocenters. The highest BCUT2D eigenvalue weighted by molar-refractivity contribution is 8.03. The van der Waals surface area contributed by atoms with E-state index < -0.39 is 11.3 Å². The number of amides is 1. The van der Waals surface area contributed by atoms with Crippen molar-refractivity contribution < 1.29 is 9.59 Å². The van der Waals surface area contributed by atoms with Crippen LogP contribution in [-0.2, 0) is 9.59 Å². The quantitative estimate of drug-likeness (QED) is 0.720. The number of nitrogens with one attached hydrogen (secondary N) is 1. The maximum Gasteiger partial charge on any atom is 0.243 e. The van der Waals surface area contributed by atoms with Crippen LogP contribution in [0.25, 0.3) is 0 Å². The number of thioether (sulfide) groups is 1. The predicted molar refractivity (Wildman–Crippen MR) is 113 cm³/mol. The van der Waals surface area contributed by atoms with Gasteiger partial charge in [-0.25, -0.2) is 0 Å². The minimum absolute atomic E-state index is 0.161. The highest BCUT2D eigenvalue weighted by Crippen LogP contribution is 2.60. The van der Waals surface area contributed by atoms with E-state index in [1.165, 1.54) is 31.0 Å². The summed E-state index contributed by atoms with van der Waals surface area (Å²) in [6.45, 7) is 0. The molecule has 1 aliphatic heterocycles. The summed E-state index contributed by atoms with van der Waals surface area (Å²) in [6.07, 6.45) is 11.4. The average Bonchev–Trinajstić information content (AvgIpc) is 2.72. The third-order valence-electron chi connectivity index (χ3n) is 8.74. The topological polar surface area (TPSA) is 93.8 Å². The summed E-state index contributed by atoms with van der Waals surface area (Å²) in [5.41, 5.74) is -0.293. The lowest BCUT2D eigenvalue weighted by molar-refractivity contribution is -0.141. The number of hydrogen-bond acceptors (Lipinski definition) is 5. The molecule has 6 aliphatic rings. The summed E-state index contributed by atoms with van der Waals surface area (Å²) in [5, 5.41) is 23.1. The Balaban J connectivity index is 1.38. The molecule has 0 aromatic rings. The van der Waals surface area contributed by atoms with Crippen LogP contribution < -0.4 is 5.32 Å². The fourth-order valence-electron chi connectivity index (χ4n) is 7.78. The molecule has 1 atom stereocenters. The first kappa shape index (κ1) is 20.1. The average molecular weight is 424 g/mol. The molecule has 5 saturated carbocycles. The molecule has 1 amide bonds. The maximum atomic E-state index is 13.4. The molecular formula is C24H29N3O2S. The zero-order valence-corrected chi connectivity index (χ0v) is 18.2. The largest absolute Gasteiger partial charge is 0.319 e. The van der Waals surface area contributed by atoms with E-state index >= 15 is 0 Å². The van der Waals surface area contributed by atoms with E-state index in [0.717, 1.165) is 56.3 Å². The first-order valence-corrected chi connectivity index (χ1v) is 12.5. The zero-order valence-electron chi connectivity index (χ0n) is 17.4. The van der Waals surface area contributed by atoms with Crippen molar-refractivity contribution in [3.8, 4) is 12.1 Å². The van der Waals surface area contributed by atoms with Gasteiger partial charge in [0.25, 0.3) is 0 Å². The molecule has 5 aliphatic carbocycles. The molecule has 30 heavy (non-hydrogen) atoms. The number of Topliss-reactive ketones (excluding diaryl/α,β-unsaturated/α-hetero) is 1. The van der Waals surface area contributed by atoms with Gasteiger partial charge in [0.05, 0.1) is 28.5 Å². The van der Waals surface area contributed by atoms with Crippen molar-refractivity contribution >= 4 is 23.5 Å². The van der Waals surface area contributed by atoms with Crippen LogP contribution >= 0.6 is 11.8 Å². The van der Waals surface area contributed by atoms with Crippen LogP contribution in [0.1, 0.15) is 70.6 Å². The molecule has 0 saturated heterocycles. The molecule has 6 rings (SSSR count). The maximum absolute atomic E-state index is 13.4. The van der Waals surface area contributed by atoms with E-state index in [1.807, 2.05) is 0 Å². The SMILES string of the molecule is N#CC1=C(SCC(=O)C23CC4CC(CC(C4)C2)C3)NC(=O)[C@H](C#N)C12CCCCC2.